The van der Waals surface area contributed by atoms with Crippen molar-refractivity contribution in [3.8, 4) is 23.0 Å². The number of benzene rings is 3. The molecule has 10 nitrogen and oxygen atoms in total. The zero-order chi connectivity index (χ0) is 38.9. The Morgan fingerprint density at radius 1 is 0.857 bits per heavy atom. The highest BCUT2D eigenvalue weighted by Gasteiger charge is 2.50. The predicted octanol–water partition coefficient (Wildman–Crippen LogP) is 9.20. The first-order valence-electron chi connectivity index (χ1n) is 20.2. The van der Waals surface area contributed by atoms with Crippen molar-refractivity contribution in [2.24, 2.45) is 18.4 Å². The smallest absolute Gasteiger partial charge is 0.410 e. The van der Waals surface area contributed by atoms with Gasteiger partial charge in [0.1, 0.15) is 24.5 Å². The van der Waals surface area contributed by atoms with E-state index in [9.17, 15) is 4.79 Å². The fraction of sp³-hybridized carbons (Fsp3) is 0.457. The van der Waals surface area contributed by atoms with Gasteiger partial charge in [-0.3, -0.25) is 4.68 Å². The molecule has 0 bridgehead atoms. The van der Waals surface area contributed by atoms with Gasteiger partial charge in [0.2, 0.25) is 11.8 Å². The summed E-state index contributed by atoms with van der Waals surface area (Å²) < 4.78 is 26.8. The molecule has 0 N–H and O–H groups in total. The molecule has 0 unspecified atom stereocenters. The van der Waals surface area contributed by atoms with Crippen molar-refractivity contribution >= 4 is 22.7 Å². The normalized spacial score (nSPS) is 19.9. The number of pyridine rings is 1. The first-order chi connectivity index (χ1) is 27.0. The lowest BCUT2D eigenvalue weighted by Gasteiger charge is -2.55. The van der Waals surface area contributed by atoms with Crippen LogP contribution in [0.5, 0.6) is 11.8 Å². The number of likely N-dealkylation sites (tertiary alicyclic amines) is 1. The Kier molecular flexibility index (Phi) is 10.7. The molecule has 2 saturated heterocycles. The van der Waals surface area contributed by atoms with Crippen molar-refractivity contribution in [2.75, 3.05) is 31.1 Å². The molecule has 3 fully saturated rings. The minimum Gasteiger partial charge on any atom is -0.473 e. The molecule has 5 aromatic rings. The van der Waals surface area contributed by atoms with Crippen LogP contribution in [-0.4, -0.2) is 69.7 Å². The molecule has 3 aliphatic rings. The van der Waals surface area contributed by atoms with Gasteiger partial charge in [-0.25, -0.2) is 4.79 Å². The molecule has 56 heavy (non-hydrogen) atoms. The summed E-state index contributed by atoms with van der Waals surface area (Å²) in [7, 11) is 2.00. The SMILES string of the molecule is C[C@H]1CC2(CC[C@@H]1OC1CCN(c3ccc4c(-c5ccc(OCc6ccccc6)nc5OCc5ccccc5)nn(C)c4c3)CC1)CN(C(=O)OC(C)(C)C)C2. The van der Waals surface area contributed by atoms with E-state index >= 15 is 0 Å². The Bertz CT molecular complexity index is 2120. The summed E-state index contributed by atoms with van der Waals surface area (Å²) in [6, 6.07) is 30.8. The summed E-state index contributed by atoms with van der Waals surface area (Å²) in [6.45, 7) is 12.4. The average Bonchev–Trinajstić information content (AvgIpc) is 3.51. The number of hydrogen-bond acceptors (Lipinski definition) is 8. The van der Waals surface area contributed by atoms with E-state index in [1.165, 1.54) is 5.69 Å². The summed E-state index contributed by atoms with van der Waals surface area (Å²) in [5.41, 5.74) is 5.80. The molecule has 1 amide bonds. The number of nitrogens with zero attached hydrogens (tertiary/aromatic N) is 5. The standard InChI is InChI=1S/C46H55N5O5/c1-32-27-46(30-51(31-46)44(52)56-45(2,3)4)23-20-40(32)55-36-21-24-50(25-22-36)35-16-17-37-39(26-35)49(5)48-42(37)38-18-19-41(53-28-33-12-8-6-9-13-33)47-43(38)54-29-34-14-10-7-11-15-34/h6-19,26,32,36,40H,20-25,27-31H2,1-5H3/t32-,40-/m0/s1. The number of anilines is 1. The van der Waals surface area contributed by atoms with Gasteiger partial charge in [0, 0.05) is 55.8 Å². The first-order valence-corrected chi connectivity index (χ1v) is 20.2. The van der Waals surface area contributed by atoms with Gasteiger partial charge in [0.05, 0.1) is 23.3 Å². The molecule has 294 valence electrons. The van der Waals surface area contributed by atoms with Gasteiger partial charge in [0.25, 0.3) is 0 Å². The number of aromatic nitrogens is 3. The lowest BCUT2D eigenvalue weighted by atomic mass is 9.64. The third-order valence-electron chi connectivity index (χ3n) is 11.6. The summed E-state index contributed by atoms with van der Waals surface area (Å²) in [6.07, 6.45) is 5.62. The van der Waals surface area contributed by atoms with Crippen molar-refractivity contribution in [3.05, 3.63) is 102 Å². The molecule has 8 rings (SSSR count). The van der Waals surface area contributed by atoms with Gasteiger partial charge in [-0.15, -0.1) is 0 Å². The highest BCUT2D eigenvalue weighted by molar-refractivity contribution is 5.96. The predicted molar refractivity (Wildman–Crippen MR) is 219 cm³/mol. The number of aryl methyl sites for hydroxylation is 1. The third-order valence-corrected chi connectivity index (χ3v) is 11.6. The number of carbonyl (C=O) groups is 1. The topological polar surface area (TPSA) is 91.2 Å². The highest BCUT2D eigenvalue weighted by Crippen LogP contribution is 2.47. The van der Waals surface area contributed by atoms with Crippen LogP contribution < -0.4 is 14.4 Å². The van der Waals surface area contributed by atoms with E-state index < -0.39 is 5.60 Å². The molecule has 1 spiro atoms. The molecule has 1 aliphatic carbocycles. The van der Waals surface area contributed by atoms with Crippen LogP contribution in [0.2, 0.25) is 0 Å². The maximum atomic E-state index is 12.5. The first kappa shape index (κ1) is 37.8. The second-order valence-electron chi connectivity index (χ2n) is 17.1. The quantitative estimate of drug-likeness (QED) is 0.139. The maximum Gasteiger partial charge on any atom is 0.410 e. The minimum absolute atomic E-state index is 0.185. The van der Waals surface area contributed by atoms with Crippen LogP contribution in [0.25, 0.3) is 22.2 Å². The molecule has 2 aliphatic heterocycles. The molecule has 2 aromatic heterocycles. The second-order valence-corrected chi connectivity index (χ2v) is 17.1. The van der Waals surface area contributed by atoms with Gasteiger partial charge in [-0.05, 0) is 94.2 Å². The second kappa shape index (κ2) is 15.8. The van der Waals surface area contributed by atoms with Crippen molar-refractivity contribution in [3.63, 3.8) is 0 Å². The minimum atomic E-state index is -0.461. The zero-order valence-electron chi connectivity index (χ0n) is 33.4. The Morgan fingerprint density at radius 2 is 1.54 bits per heavy atom. The van der Waals surface area contributed by atoms with Gasteiger partial charge < -0.3 is 28.7 Å². The van der Waals surface area contributed by atoms with Crippen LogP contribution in [0.4, 0.5) is 10.5 Å². The van der Waals surface area contributed by atoms with Crippen molar-refractivity contribution in [2.45, 2.75) is 90.8 Å². The van der Waals surface area contributed by atoms with Gasteiger partial charge in [-0.2, -0.15) is 10.1 Å². The van der Waals surface area contributed by atoms with E-state index in [-0.39, 0.29) is 23.7 Å². The fourth-order valence-electron chi connectivity index (χ4n) is 8.75. The van der Waals surface area contributed by atoms with E-state index in [1.54, 1.807) is 0 Å². The molecular weight excluding hydrogens is 703 g/mol. The average molecular weight is 758 g/mol. The van der Waals surface area contributed by atoms with E-state index in [0.29, 0.717) is 30.9 Å². The Labute approximate surface area is 330 Å². The van der Waals surface area contributed by atoms with Crippen LogP contribution in [-0.2, 0) is 29.7 Å². The largest absolute Gasteiger partial charge is 0.473 e. The number of amides is 1. The molecular formula is C46H55N5O5. The third kappa shape index (κ3) is 8.50. The van der Waals surface area contributed by atoms with Gasteiger partial charge in [-0.1, -0.05) is 67.6 Å². The molecule has 4 heterocycles. The lowest BCUT2D eigenvalue weighted by molar-refractivity contribution is -0.118. The summed E-state index contributed by atoms with van der Waals surface area (Å²) in [5.74, 6) is 1.47. The summed E-state index contributed by atoms with van der Waals surface area (Å²) in [4.78, 5) is 21.7. The highest BCUT2D eigenvalue weighted by atomic mass is 16.6. The molecule has 10 heteroatoms. The van der Waals surface area contributed by atoms with Crippen LogP contribution in [0.15, 0.2) is 91.0 Å². The number of piperidine rings is 1. The van der Waals surface area contributed by atoms with E-state index in [1.807, 2.05) is 110 Å². The van der Waals surface area contributed by atoms with Crippen molar-refractivity contribution < 1.29 is 23.7 Å². The van der Waals surface area contributed by atoms with Gasteiger partial charge >= 0.3 is 6.09 Å². The van der Waals surface area contributed by atoms with Crippen LogP contribution in [0.1, 0.15) is 70.9 Å². The summed E-state index contributed by atoms with van der Waals surface area (Å²) in [5, 5.41) is 6.05. The zero-order valence-corrected chi connectivity index (χ0v) is 33.4. The van der Waals surface area contributed by atoms with E-state index in [2.05, 4.69) is 30.0 Å². The molecule has 0 radical (unpaired) electrons. The number of hydrogen-bond donors (Lipinski definition) is 0. The van der Waals surface area contributed by atoms with Crippen LogP contribution in [0, 0.1) is 11.3 Å². The number of carbonyl (C=O) groups excluding carboxylic acids is 1. The van der Waals surface area contributed by atoms with Crippen molar-refractivity contribution in [1.82, 2.24) is 19.7 Å². The maximum absolute atomic E-state index is 12.5. The van der Waals surface area contributed by atoms with Crippen LogP contribution >= 0.6 is 0 Å². The van der Waals surface area contributed by atoms with Crippen molar-refractivity contribution in [1.29, 1.82) is 0 Å². The molecule has 2 atom stereocenters. The monoisotopic (exact) mass is 757 g/mol. The Hall–Kier alpha value is -5.09. The van der Waals surface area contributed by atoms with E-state index in [4.69, 9.17) is 29.0 Å². The molecule has 3 aromatic carbocycles. The van der Waals surface area contributed by atoms with Crippen LogP contribution in [0.3, 0.4) is 0 Å². The number of fused-ring (bicyclic) bond motifs is 1. The lowest BCUT2D eigenvalue weighted by Crippen LogP contribution is -2.61. The number of rotatable bonds is 10. The van der Waals surface area contributed by atoms with Gasteiger partial charge in [0.15, 0.2) is 0 Å². The Balaban J connectivity index is 0.904. The fourth-order valence-corrected chi connectivity index (χ4v) is 8.75. The number of ether oxygens (including phenoxy) is 4. The molecule has 1 saturated carbocycles. The Morgan fingerprint density at radius 3 is 2.20 bits per heavy atom. The summed E-state index contributed by atoms with van der Waals surface area (Å²) >= 11 is 0. The van der Waals surface area contributed by atoms with E-state index in [0.717, 1.165) is 91.6 Å².